The summed E-state index contributed by atoms with van der Waals surface area (Å²) in [4.78, 5) is 15.8. The van der Waals surface area contributed by atoms with Crippen LogP contribution in [0, 0.1) is 0 Å². The third-order valence-corrected chi connectivity index (χ3v) is 4.94. The topological polar surface area (TPSA) is 42.0 Å². The summed E-state index contributed by atoms with van der Waals surface area (Å²) in [6.45, 7) is 2.06. The lowest BCUT2D eigenvalue weighted by molar-refractivity contribution is -0.237. The van der Waals surface area contributed by atoms with Crippen molar-refractivity contribution in [2.75, 3.05) is 39.4 Å². The predicted molar refractivity (Wildman–Crippen MR) is 93.4 cm³/mol. The monoisotopic (exact) mass is 386 g/mol. The second-order valence-corrected chi connectivity index (χ2v) is 6.97. The molecule has 1 aromatic rings. The standard InChI is InChI=1S/C19H25F3N2O3/c20-19(21,22)17-13-23(10-11-26-17)12-15-6-2-3-7-16(15)27-14-18(25)24-8-4-1-5-9-24/h2-3,6-7,17H,1,4-5,8-14H2. The summed E-state index contributed by atoms with van der Waals surface area (Å²) in [5.74, 6) is 0.492. The third-order valence-electron chi connectivity index (χ3n) is 4.94. The van der Waals surface area contributed by atoms with Crippen molar-refractivity contribution in [3.05, 3.63) is 29.8 Å². The zero-order valence-electron chi connectivity index (χ0n) is 15.2. The van der Waals surface area contributed by atoms with E-state index in [4.69, 9.17) is 9.47 Å². The van der Waals surface area contributed by atoms with Gasteiger partial charge in [-0.25, -0.2) is 0 Å². The lowest BCUT2D eigenvalue weighted by Crippen LogP contribution is -2.48. The molecular formula is C19H25F3N2O3. The van der Waals surface area contributed by atoms with Crippen molar-refractivity contribution in [3.8, 4) is 5.75 Å². The Bertz CT molecular complexity index is 633. The van der Waals surface area contributed by atoms with Crippen LogP contribution >= 0.6 is 0 Å². The molecule has 2 aliphatic rings. The van der Waals surface area contributed by atoms with Crippen LogP contribution in [0.4, 0.5) is 13.2 Å². The highest BCUT2D eigenvalue weighted by molar-refractivity contribution is 5.77. The molecule has 0 saturated carbocycles. The number of para-hydroxylation sites is 1. The van der Waals surface area contributed by atoms with Crippen LogP contribution in [0.25, 0.3) is 0 Å². The van der Waals surface area contributed by atoms with Gasteiger partial charge in [0.2, 0.25) is 0 Å². The van der Waals surface area contributed by atoms with Crippen molar-refractivity contribution < 1.29 is 27.4 Å². The SMILES string of the molecule is O=C(COc1ccccc1CN1CCOC(C(F)(F)F)C1)N1CCCCC1. The van der Waals surface area contributed by atoms with Crippen LogP contribution in [0.3, 0.4) is 0 Å². The van der Waals surface area contributed by atoms with Gasteiger partial charge in [-0.05, 0) is 25.3 Å². The number of morpholine rings is 1. The Balaban J connectivity index is 1.58. The number of ether oxygens (including phenoxy) is 2. The van der Waals surface area contributed by atoms with Crippen LogP contribution in [0.1, 0.15) is 24.8 Å². The number of carbonyl (C=O) groups excluding carboxylic acids is 1. The number of hydrogen-bond acceptors (Lipinski definition) is 4. The molecule has 2 heterocycles. The molecule has 27 heavy (non-hydrogen) atoms. The molecule has 1 amide bonds. The number of likely N-dealkylation sites (tertiary alicyclic amines) is 1. The van der Waals surface area contributed by atoms with Crippen LogP contribution in [0.5, 0.6) is 5.75 Å². The summed E-state index contributed by atoms with van der Waals surface area (Å²) < 4.78 is 49.3. The first-order valence-corrected chi connectivity index (χ1v) is 9.32. The Labute approximate surface area is 157 Å². The van der Waals surface area contributed by atoms with Gasteiger partial charge in [0.15, 0.2) is 12.7 Å². The first kappa shape index (κ1) is 19.9. The summed E-state index contributed by atoms with van der Waals surface area (Å²) in [6, 6.07) is 7.18. The van der Waals surface area contributed by atoms with Gasteiger partial charge in [0.25, 0.3) is 5.91 Å². The maximum absolute atomic E-state index is 12.9. The van der Waals surface area contributed by atoms with Gasteiger partial charge in [-0.3, -0.25) is 9.69 Å². The Hall–Kier alpha value is -1.80. The number of benzene rings is 1. The molecule has 1 unspecified atom stereocenters. The van der Waals surface area contributed by atoms with Crippen LogP contribution in [0.15, 0.2) is 24.3 Å². The van der Waals surface area contributed by atoms with E-state index in [-0.39, 0.29) is 25.7 Å². The Morgan fingerprint density at radius 3 is 2.63 bits per heavy atom. The summed E-state index contributed by atoms with van der Waals surface area (Å²) in [5.41, 5.74) is 0.770. The van der Waals surface area contributed by atoms with Gasteiger partial charge in [-0.1, -0.05) is 18.2 Å². The summed E-state index contributed by atoms with van der Waals surface area (Å²) in [7, 11) is 0. The number of piperidine rings is 1. The number of amides is 1. The molecule has 1 atom stereocenters. The first-order valence-electron chi connectivity index (χ1n) is 9.32. The fourth-order valence-electron chi connectivity index (χ4n) is 3.43. The van der Waals surface area contributed by atoms with Crippen LogP contribution in [0.2, 0.25) is 0 Å². The van der Waals surface area contributed by atoms with Gasteiger partial charge >= 0.3 is 6.18 Å². The van der Waals surface area contributed by atoms with Gasteiger partial charge in [-0.2, -0.15) is 13.2 Å². The molecule has 0 radical (unpaired) electrons. The van der Waals surface area contributed by atoms with Crippen LogP contribution in [-0.4, -0.2) is 67.4 Å². The second kappa shape index (κ2) is 8.93. The van der Waals surface area contributed by atoms with Gasteiger partial charge in [0, 0.05) is 38.3 Å². The molecule has 0 N–H and O–H groups in total. The van der Waals surface area contributed by atoms with E-state index in [0.717, 1.165) is 37.9 Å². The van der Waals surface area contributed by atoms with Gasteiger partial charge in [0.05, 0.1) is 6.61 Å². The first-order chi connectivity index (χ1) is 12.9. The van der Waals surface area contributed by atoms with Crippen molar-refractivity contribution in [2.24, 2.45) is 0 Å². The van der Waals surface area contributed by atoms with Gasteiger partial charge < -0.3 is 14.4 Å². The van der Waals surface area contributed by atoms with Crippen LogP contribution in [-0.2, 0) is 16.1 Å². The summed E-state index contributed by atoms with van der Waals surface area (Å²) >= 11 is 0. The van der Waals surface area contributed by atoms with E-state index in [2.05, 4.69) is 0 Å². The van der Waals surface area contributed by atoms with Crippen LogP contribution < -0.4 is 4.74 Å². The number of alkyl halides is 3. The highest BCUT2D eigenvalue weighted by Crippen LogP contribution is 2.27. The van der Waals surface area contributed by atoms with E-state index in [0.29, 0.717) is 18.8 Å². The minimum atomic E-state index is -4.37. The molecule has 0 aliphatic carbocycles. The maximum atomic E-state index is 12.9. The fourth-order valence-corrected chi connectivity index (χ4v) is 3.43. The summed E-state index contributed by atoms with van der Waals surface area (Å²) in [6.07, 6.45) is -2.96. The molecule has 2 fully saturated rings. The molecule has 0 aromatic heterocycles. The smallest absolute Gasteiger partial charge is 0.415 e. The highest BCUT2D eigenvalue weighted by atomic mass is 19.4. The van der Waals surface area contributed by atoms with E-state index >= 15 is 0 Å². The van der Waals surface area contributed by atoms with Gasteiger partial charge in [0.1, 0.15) is 5.75 Å². The number of hydrogen-bond donors (Lipinski definition) is 0. The van der Waals surface area contributed by atoms with E-state index in [1.54, 1.807) is 17.0 Å². The predicted octanol–water partition coefficient (Wildman–Crippen LogP) is 2.84. The normalized spacial score (nSPS) is 21.9. The van der Waals surface area contributed by atoms with Crippen molar-refractivity contribution in [2.45, 2.75) is 38.1 Å². The third kappa shape index (κ3) is 5.59. The molecule has 8 heteroatoms. The van der Waals surface area contributed by atoms with E-state index < -0.39 is 12.3 Å². The number of halogens is 3. The van der Waals surface area contributed by atoms with Crippen molar-refractivity contribution in [3.63, 3.8) is 0 Å². The van der Waals surface area contributed by atoms with E-state index in [1.165, 1.54) is 0 Å². The zero-order valence-corrected chi connectivity index (χ0v) is 15.2. The molecule has 2 saturated heterocycles. The average Bonchev–Trinajstić information content (AvgIpc) is 2.67. The second-order valence-electron chi connectivity index (χ2n) is 6.97. The maximum Gasteiger partial charge on any atom is 0.415 e. The number of rotatable bonds is 5. The largest absolute Gasteiger partial charge is 0.483 e. The highest BCUT2D eigenvalue weighted by Gasteiger charge is 2.43. The molecule has 150 valence electrons. The Morgan fingerprint density at radius 1 is 1.15 bits per heavy atom. The van der Waals surface area contributed by atoms with Gasteiger partial charge in [-0.15, -0.1) is 0 Å². The zero-order chi connectivity index (χ0) is 19.3. The summed E-state index contributed by atoms with van der Waals surface area (Å²) in [5, 5.41) is 0. The molecule has 1 aromatic carbocycles. The Kier molecular flexibility index (Phi) is 6.59. The van der Waals surface area contributed by atoms with Crippen molar-refractivity contribution >= 4 is 5.91 Å². The minimum absolute atomic E-state index is 0.0423. The van der Waals surface area contributed by atoms with Crippen molar-refractivity contribution in [1.82, 2.24) is 9.80 Å². The molecular weight excluding hydrogens is 361 g/mol. The lowest BCUT2D eigenvalue weighted by Gasteiger charge is -2.34. The fraction of sp³-hybridized carbons (Fsp3) is 0.632. The number of nitrogens with zero attached hydrogens (tertiary/aromatic N) is 2. The average molecular weight is 386 g/mol. The number of carbonyl (C=O) groups is 1. The molecule has 2 aliphatic heterocycles. The quantitative estimate of drug-likeness (QED) is 0.781. The van der Waals surface area contributed by atoms with E-state index in [9.17, 15) is 18.0 Å². The van der Waals surface area contributed by atoms with Crippen molar-refractivity contribution in [1.29, 1.82) is 0 Å². The molecule has 0 spiro atoms. The Morgan fingerprint density at radius 2 is 1.89 bits per heavy atom. The molecule has 3 rings (SSSR count). The van der Waals surface area contributed by atoms with E-state index in [1.807, 2.05) is 17.0 Å². The molecule has 0 bridgehead atoms. The lowest BCUT2D eigenvalue weighted by atomic mass is 10.1. The minimum Gasteiger partial charge on any atom is -0.483 e. The molecule has 5 nitrogen and oxygen atoms in total.